The molecule has 0 heterocycles. The van der Waals surface area contributed by atoms with Crippen molar-refractivity contribution in [2.24, 2.45) is 0 Å². The molecule has 6 heteroatoms. The molecule has 0 aliphatic rings. The van der Waals surface area contributed by atoms with Crippen LogP contribution in [-0.2, 0) is 25.6 Å². The van der Waals surface area contributed by atoms with E-state index in [1.165, 1.54) is 0 Å². The van der Waals surface area contributed by atoms with Gasteiger partial charge in [0.05, 0.1) is 0 Å². The van der Waals surface area contributed by atoms with Crippen molar-refractivity contribution < 1.29 is 30.7 Å². The predicted octanol–water partition coefficient (Wildman–Crippen LogP) is -1.53. The summed E-state index contributed by atoms with van der Waals surface area (Å²) in [7, 11) is 0.174. The van der Waals surface area contributed by atoms with E-state index < -0.39 is 5.09 Å². The molecule has 36 valence electrons. The van der Waals surface area contributed by atoms with Crippen LogP contribution < -0.4 is 0 Å². The molecule has 0 aliphatic carbocycles. The molecule has 0 unspecified atom stereocenters. The Bertz CT molecular complexity index is 46.1. The van der Waals surface area contributed by atoms with Gasteiger partial charge < -0.3 is 4.53 Å². The van der Waals surface area contributed by atoms with Gasteiger partial charge in [0.15, 0.2) is 0 Å². The number of rotatable bonds is 1. The first-order valence-electron chi connectivity index (χ1n) is 0.956. The van der Waals surface area contributed by atoms with Crippen LogP contribution in [0.5, 0.6) is 0 Å². The summed E-state index contributed by atoms with van der Waals surface area (Å²) >= 11 is 0. The van der Waals surface area contributed by atoms with E-state index in [1.807, 2.05) is 0 Å². The molecular weight excluding hydrogens is 274 g/mol. The smallest absolute Gasteiger partial charge is 0.283 e. The van der Waals surface area contributed by atoms with Gasteiger partial charge in [-0.15, -0.1) is 10.1 Å². The van der Waals surface area contributed by atoms with Gasteiger partial charge in [-0.2, -0.15) is 0 Å². The van der Waals surface area contributed by atoms with Gasteiger partial charge >= 0.3 is 0 Å². The molecule has 0 atom stereocenters. The third kappa shape index (κ3) is 8.93. The van der Waals surface area contributed by atoms with E-state index in [-0.39, 0.29) is 31.6 Å². The molecule has 0 saturated carbocycles. The molecule has 6 heavy (non-hydrogen) atoms. The fourth-order valence-electron chi connectivity index (χ4n) is 0. The average Bonchev–Trinajstić information content (AvgIpc) is 1.38. The zero-order chi connectivity index (χ0) is 4.28. The molecule has 0 spiro atoms. The van der Waals surface area contributed by atoms with Crippen molar-refractivity contribution in [1.82, 2.24) is 0 Å². The first-order chi connectivity index (χ1) is 2.27. The summed E-state index contributed by atoms with van der Waals surface area (Å²) in [5.41, 5.74) is 0. The Kier molecular flexibility index (Phi) is 8.03. The van der Waals surface area contributed by atoms with Gasteiger partial charge in [0, 0.05) is 21.1 Å². The molecule has 0 bridgehead atoms. The molecule has 0 N–H and O–H groups in total. The van der Waals surface area contributed by atoms with Crippen molar-refractivity contribution in [3.05, 3.63) is 10.1 Å². The standard InChI is InChI=1S/H3NO3Si.W/c2-1(3)4-5;/h5H3;. The molecule has 0 aromatic rings. The Labute approximate surface area is 51.8 Å². The second kappa shape index (κ2) is 5.11. The maximum atomic E-state index is 8.99. The van der Waals surface area contributed by atoms with Crippen LogP contribution in [0.3, 0.4) is 0 Å². The fourth-order valence-corrected chi connectivity index (χ4v) is 0. The maximum absolute atomic E-state index is 8.99. The third-order valence-corrected chi connectivity index (χ3v) is 0.447. The van der Waals surface area contributed by atoms with Gasteiger partial charge in [-0.3, -0.25) is 0 Å². The monoisotopic (exact) mass is 277 g/mol. The van der Waals surface area contributed by atoms with Gasteiger partial charge in [-0.1, -0.05) is 0 Å². The minimum absolute atomic E-state index is 0. The quantitative estimate of drug-likeness (QED) is 0.332. The molecule has 0 radical (unpaired) electrons. The van der Waals surface area contributed by atoms with Crippen LogP contribution >= 0.6 is 0 Å². The van der Waals surface area contributed by atoms with Crippen LogP contribution in [0.15, 0.2) is 0 Å². The topological polar surface area (TPSA) is 52.4 Å². The summed E-state index contributed by atoms with van der Waals surface area (Å²) in [6.07, 6.45) is 0. The molecule has 0 aliphatic heterocycles. The van der Waals surface area contributed by atoms with Crippen LogP contribution in [0.4, 0.5) is 0 Å². The molecule has 0 saturated heterocycles. The molecule has 0 rings (SSSR count). The van der Waals surface area contributed by atoms with Crippen LogP contribution in [0.2, 0.25) is 0 Å². The van der Waals surface area contributed by atoms with E-state index in [2.05, 4.69) is 4.53 Å². The van der Waals surface area contributed by atoms with Crippen molar-refractivity contribution in [3.63, 3.8) is 0 Å². The van der Waals surface area contributed by atoms with Crippen LogP contribution in [-0.4, -0.2) is 15.6 Å². The zero-order valence-corrected chi connectivity index (χ0v) is 8.01. The Morgan fingerprint density at radius 1 is 1.83 bits per heavy atom. The first kappa shape index (κ1) is 9.44. The van der Waals surface area contributed by atoms with E-state index in [1.54, 1.807) is 0 Å². The second-order valence-corrected chi connectivity index (χ2v) is 0.771. The summed E-state index contributed by atoms with van der Waals surface area (Å²) in [5.74, 6) is 0. The summed E-state index contributed by atoms with van der Waals surface area (Å²) in [6, 6.07) is 0. The normalized spacial score (nSPS) is 6.00. The third-order valence-electron chi connectivity index (χ3n) is 0.149. The molecule has 4 nitrogen and oxygen atoms in total. The first-order valence-corrected chi connectivity index (χ1v) is 1.77. The van der Waals surface area contributed by atoms with Crippen LogP contribution in [0, 0.1) is 10.1 Å². The van der Waals surface area contributed by atoms with E-state index >= 15 is 0 Å². The minimum Gasteiger partial charge on any atom is -0.378 e. The van der Waals surface area contributed by atoms with Crippen LogP contribution in [0.1, 0.15) is 0 Å². The Morgan fingerprint density at radius 2 is 2.00 bits per heavy atom. The molecule has 0 amide bonds. The van der Waals surface area contributed by atoms with E-state index in [0.717, 1.165) is 0 Å². The Hall–Kier alpha value is 0.105. The van der Waals surface area contributed by atoms with Crippen molar-refractivity contribution in [1.29, 1.82) is 0 Å². The van der Waals surface area contributed by atoms with E-state index in [9.17, 15) is 0 Å². The molecule has 0 aromatic heterocycles. The fraction of sp³-hybridized carbons (Fsp3) is 0. The van der Waals surface area contributed by atoms with Crippen molar-refractivity contribution in [2.75, 3.05) is 0 Å². The van der Waals surface area contributed by atoms with Crippen LogP contribution in [0.25, 0.3) is 0 Å². The summed E-state index contributed by atoms with van der Waals surface area (Å²) < 4.78 is 3.61. The summed E-state index contributed by atoms with van der Waals surface area (Å²) in [6.45, 7) is 0. The second-order valence-electron chi connectivity index (χ2n) is 0.406. The number of hydrogen-bond donors (Lipinski definition) is 0. The predicted molar refractivity (Wildman–Crippen MR) is 18.0 cm³/mol. The number of hydrogen-bond acceptors (Lipinski definition) is 3. The zero-order valence-electron chi connectivity index (χ0n) is 3.08. The van der Waals surface area contributed by atoms with Crippen molar-refractivity contribution >= 4 is 10.5 Å². The van der Waals surface area contributed by atoms with Gasteiger partial charge in [-0.25, -0.2) is 0 Å². The van der Waals surface area contributed by atoms with Gasteiger partial charge in [0.25, 0.3) is 5.09 Å². The molecule has 0 aromatic carbocycles. The van der Waals surface area contributed by atoms with E-state index in [0.29, 0.717) is 0 Å². The maximum Gasteiger partial charge on any atom is 0.283 e. The number of nitrogens with zero attached hydrogens (tertiary/aromatic N) is 1. The SMILES string of the molecule is O=[N+]([O-])O[SiH3].[W]. The summed E-state index contributed by atoms with van der Waals surface area (Å²) in [4.78, 5) is 8.99. The van der Waals surface area contributed by atoms with Gasteiger partial charge in [0.1, 0.15) is 0 Å². The van der Waals surface area contributed by atoms with Crippen molar-refractivity contribution in [2.45, 2.75) is 0 Å². The average molecular weight is 277 g/mol. The molecule has 0 fully saturated rings. The summed E-state index contributed by atoms with van der Waals surface area (Å²) in [5, 5.41) is 8.17. The van der Waals surface area contributed by atoms with E-state index in [4.69, 9.17) is 10.1 Å². The minimum atomic E-state index is -0.813. The van der Waals surface area contributed by atoms with Gasteiger partial charge in [0.2, 0.25) is 10.5 Å². The molecular formula is H3NO3SiW. The van der Waals surface area contributed by atoms with Gasteiger partial charge in [-0.05, 0) is 0 Å². The van der Waals surface area contributed by atoms with Crippen molar-refractivity contribution in [3.8, 4) is 0 Å². The Balaban J connectivity index is 0. The largest absolute Gasteiger partial charge is 0.378 e. The Morgan fingerprint density at radius 3 is 2.00 bits per heavy atom.